The molecule has 1 aliphatic rings. The Bertz CT molecular complexity index is 1390. The molecule has 3 aromatic carbocycles. The second-order valence-corrected chi connectivity index (χ2v) is 8.13. The normalized spacial score (nSPS) is 14.7. The average molecular weight is 539 g/mol. The number of barbiturate groups is 1. The highest BCUT2D eigenvalue weighted by Gasteiger charge is 2.38. The summed E-state index contributed by atoms with van der Waals surface area (Å²) in [5, 5.41) is 2.03. The van der Waals surface area contributed by atoms with Gasteiger partial charge < -0.3 is 9.47 Å². The van der Waals surface area contributed by atoms with Crippen LogP contribution in [-0.4, -0.2) is 30.9 Å². The SMILES string of the molecule is COc1ccc(C(=O)Oc2ccc(Br)cc2/C=C2/C(=O)NC(=O)N(c3ccccc3F)C2=O)cc1. The number of benzene rings is 3. The van der Waals surface area contributed by atoms with Gasteiger partial charge in [-0.3, -0.25) is 14.9 Å². The molecule has 4 amide bonds. The molecule has 0 aliphatic carbocycles. The highest BCUT2D eigenvalue weighted by Crippen LogP contribution is 2.29. The predicted molar refractivity (Wildman–Crippen MR) is 127 cm³/mol. The van der Waals surface area contributed by atoms with E-state index in [0.717, 1.165) is 6.07 Å². The lowest BCUT2D eigenvalue weighted by atomic mass is 10.1. The number of hydrogen-bond acceptors (Lipinski definition) is 6. The predicted octanol–water partition coefficient (Wildman–Crippen LogP) is 4.48. The zero-order valence-electron chi connectivity index (χ0n) is 18.1. The number of urea groups is 1. The van der Waals surface area contributed by atoms with Crippen molar-refractivity contribution < 1.29 is 33.0 Å². The molecule has 8 nitrogen and oxygen atoms in total. The zero-order valence-corrected chi connectivity index (χ0v) is 19.7. The van der Waals surface area contributed by atoms with Crippen LogP contribution in [0.2, 0.25) is 0 Å². The first kappa shape index (κ1) is 23.8. The lowest BCUT2D eigenvalue weighted by Gasteiger charge is -2.26. The summed E-state index contributed by atoms with van der Waals surface area (Å²) >= 11 is 3.30. The van der Waals surface area contributed by atoms with Crippen molar-refractivity contribution in [1.82, 2.24) is 5.32 Å². The van der Waals surface area contributed by atoms with E-state index in [1.54, 1.807) is 18.2 Å². The number of hydrogen-bond donors (Lipinski definition) is 1. The summed E-state index contributed by atoms with van der Waals surface area (Å²) in [4.78, 5) is 51.1. The fraction of sp³-hybridized carbons (Fsp3) is 0.0400. The van der Waals surface area contributed by atoms with E-state index in [2.05, 4.69) is 15.9 Å². The second kappa shape index (κ2) is 9.90. The van der Waals surface area contributed by atoms with Gasteiger partial charge in [-0.05, 0) is 60.7 Å². The molecule has 0 atom stereocenters. The molecule has 1 fully saturated rings. The molecule has 1 heterocycles. The first-order valence-corrected chi connectivity index (χ1v) is 10.9. The summed E-state index contributed by atoms with van der Waals surface area (Å²) < 4.78 is 25.4. The summed E-state index contributed by atoms with van der Waals surface area (Å²) in [6.45, 7) is 0. The Hall–Kier alpha value is -4.31. The summed E-state index contributed by atoms with van der Waals surface area (Å²) in [5.74, 6) is -2.89. The molecule has 0 radical (unpaired) electrons. The van der Waals surface area contributed by atoms with Gasteiger partial charge in [-0.1, -0.05) is 28.1 Å². The van der Waals surface area contributed by atoms with E-state index in [0.29, 0.717) is 15.1 Å². The van der Waals surface area contributed by atoms with E-state index in [1.807, 2.05) is 5.32 Å². The third-order valence-electron chi connectivity index (χ3n) is 5.00. The second-order valence-electron chi connectivity index (χ2n) is 7.21. The fourth-order valence-electron chi connectivity index (χ4n) is 3.28. The van der Waals surface area contributed by atoms with Gasteiger partial charge in [0.05, 0.1) is 18.4 Å². The zero-order chi connectivity index (χ0) is 25.1. The standard InChI is InChI=1S/C25H16BrFN2O6/c1-34-17-9-6-14(7-10-17)24(32)35-21-11-8-16(26)12-15(21)13-18-22(30)28-25(33)29(23(18)31)20-5-3-2-4-19(20)27/h2-13H,1H3,(H,28,30,33)/b18-13-. The molecule has 4 rings (SSSR count). The number of nitrogens with zero attached hydrogens (tertiary/aromatic N) is 1. The molecule has 35 heavy (non-hydrogen) atoms. The number of amides is 4. The molecule has 176 valence electrons. The number of ether oxygens (including phenoxy) is 2. The lowest BCUT2D eigenvalue weighted by Crippen LogP contribution is -2.54. The summed E-state index contributed by atoms with van der Waals surface area (Å²) in [6, 6.07) is 14.9. The molecule has 0 saturated carbocycles. The van der Waals surface area contributed by atoms with E-state index in [-0.39, 0.29) is 22.6 Å². The molecular weight excluding hydrogens is 523 g/mol. The minimum atomic E-state index is -1.08. The van der Waals surface area contributed by atoms with E-state index in [1.165, 1.54) is 55.7 Å². The lowest BCUT2D eigenvalue weighted by molar-refractivity contribution is -0.122. The van der Waals surface area contributed by atoms with E-state index in [9.17, 15) is 23.6 Å². The molecule has 1 N–H and O–H groups in total. The Balaban J connectivity index is 1.70. The van der Waals surface area contributed by atoms with E-state index in [4.69, 9.17) is 9.47 Å². The Labute approximate surface area is 207 Å². The van der Waals surface area contributed by atoms with Crippen LogP contribution in [0, 0.1) is 5.82 Å². The Kier molecular flexibility index (Phi) is 6.74. The third-order valence-corrected chi connectivity index (χ3v) is 5.49. The van der Waals surface area contributed by atoms with Crippen molar-refractivity contribution in [3.63, 3.8) is 0 Å². The number of methoxy groups -OCH3 is 1. The van der Waals surface area contributed by atoms with Crippen LogP contribution in [-0.2, 0) is 9.59 Å². The quantitative estimate of drug-likeness (QED) is 0.222. The number of rotatable bonds is 5. The van der Waals surface area contributed by atoms with Crippen LogP contribution in [0.15, 0.2) is 76.8 Å². The molecule has 0 unspecified atom stereocenters. The molecule has 1 aliphatic heterocycles. The van der Waals surface area contributed by atoms with Crippen LogP contribution in [0.25, 0.3) is 6.08 Å². The van der Waals surface area contributed by atoms with Gasteiger partial charge in [-0.15, -0.1) is 0 Å². The highest BCUT2D eigenvalue weighted by atomic mass is 79.9. The topological polar surface area (TPSA) is 102 Å². The number of esters is 1. The molecule has 0 aromatic heterocycles. The molecule has 3 aromatic rings. The molecule has 10 heteroatoms. The minimum absolute atomic E-state index is 0.0523. The number of anilines is 1. The van der Waals surface area contributed by atoms with Gasteiger partial charge in [0, 0.05) is 10.0 Å². The van der Waals surface area contributed by atoms with Crippen molar-refractivity contribution in [2.45, 2.75) is 0 Å². The first-order chi connectivity index (χ1) is 16.8. The molecule has 0 spiro atoms. The van der Waals surface area contributed by atoms with Crippen LogP contribution in [0.3, 0.4) is 0 Å². The van der Waals surface area contributed by atoms with Gasteiger partial charge in [-0.2, -0.15) is 0 Å². The summed E-state index contributed by atoms with van der Waals surface area (Å²) in [6.07, 6.45) is 1.17. The number of para-hydroxylation sites is 1. The maximum Gasteiger partial charge on any atom is 0.343 e. The molecular formula is C25H16BrFN2O6. The Morgan fingerprint density at radius 3 is 2.43 bits per heavy atom. The van der Waals surface area contributed by atoms with Gasteiger partial charge in [0.2, 0.25) is 0 Å². The van der Waals surface area contributed by atoms with Crippen LogP contribution >= 0.6 is 15.9 Å². The minimum Gasteiger partial charge on any atom is -0.497 e. The van der Waals surface area contributed by atoms with E-state index >= 15 is 0 Å². The van der Waals surface area contributed by atoms with Crippen LogP contribution in [0.4, 0.5) is 14.9 Å². The van der Waals surface area contributed by atoms with Gasteiger partial charge in [0.25, 0.3) is 11.8 Å². The number of carbonyl (C=O) groups is 4. The van der Waals surface area contributed by atoms with Crippen molar-refractivity contribution in [2.75, 3.05) is 12.0 Å². The highest BCUT2D eigenvalue weighted by molar-refractivity contribution is 9.10. The average Bonchev–Trinajstić information content (AvgIpc) is 2.84. The van der Waals surface area contributed by atoms with Crippen molar-refractivity contribution in [3.05, 3.63) is 93.7 Å². The Morgan fingerprint density at radius 1 is 1.03 bits per heavy atom. The van der Waals surface area contributed by atoms with Crippen molar-refractivity contribution in [3.8, 4) is 11.5 Å². The molecule has 1 saturated heterocycles. The van der Waals surface area contributed by atoms with E-state index < -0.39 is 35.2 Å². The fourth-order valence-corrected chi connectivity index (χ4v) is 3.65. The van der Waals surface area contributed by atoms with Gasteiger partial charge >= 0.3 is 12.0 Å². The van der Waals surface area contributed by atoms with Crippen LogP contribution in [0.5, 0.6) is 11.5 Å². The summed E-state index contributed by atoms with van der Waals surface area (Å²) in [5.41, 5.74) is -0.320. The number of halogens is 2. The maximum absolute atomic E-state index is 14.3. The van der Waals surface area contributed by atoms with Crippen LogP contribution < -0.4 is 19.7 Å². The Morgan fingerprint density at radius 2 is 1.74 bits per heavy atom. The van der Waals surface area contributed by atoms with Gasteiger partial charge in [-0.25, -0.2) is 18.9 Å². The monoisotopic (exact) mass is 538 g/mol. The van der Waals surface area contributed by atoms with Crippen molar-refractivity contribution in [2.24, 2.45) is 0 Å². The van der Waals surface area contributed by atoms with Crippen LogP contribution in [0.1, 0.15) is 15.9 Å². The van der Waals surface area contributed by atoms with Gasteiger partial charge in [0.15, 0.2) is 0 Å². The first-order valence-electron chi connectivity index (χ1n) is 10.1. The number of carbonyl (C=O) groups excluding carboxylic acids is 4. The maximum atomic E-state index is 14.3. The third kappa shape index (κ3) is 4.97. The van der Waals surface area contributed by atoms with Gasteiger partial charge in [0.1, 0.15) is 22.9 Å². The number of nitrogens with one attached hydrogen (secondary N) is 1. The largest absolute Gasteiger partial charge is 0.497 e. The van der Waals surface area contributed by atoms with Crippen molar-refractivity contribution >= 4 is 51.5 Å². The number of imide groups is 2. The molecule has 0 bridgehead atoms. The summed E-state index contributed by atoms with van der Waals surface area (Å²) in [7, 11) is 1.50. The van der Waals surface area contributed by atoms with Crippen molar-refractivity contribution in [1.29, 1.82) is 0 Å². The smallest absolute Gasteiger partial charge is 0.343 e.